The zero-order valence-corrected chi connectivity index (χ0v) is 15.2. The van der Waals surface area contributed by atoms with Crippen molar-refractivity contribution < 1.29 is 4.79 Å². The minimum Gasteiger partial charge on any atom is -0.303 e. The molecule has 3 nitrogen and oxygen atoms in total. The fourth-order valence-electron chi connectivity index (χ4n) is 5.21. The number of amides is 1. The van der Waals surface area contributed by atoms with Gasteiger partial charge in [0.15, 0.2) is 0 Å². The number of thioether (sulfide) groups is 1. The molecule has 2 bridgehead atoms. The molecule has 3 fully saturated rings. The molecular weight excluding hydrogens is 304 g/mol. The van der Waals surface area contributed by atoms with Gasteiger partial charge in [0.05, 0.1) is 5.04 Å². The first kappa shape index (κ1) is 16.1. The van der Waals surface area contributed by atoms with Crippen LogP contribution in [0.4, 0.5) is 0 Å². The van der Waals surface area contributed by atoms with E-state index in [9.17, 15) is 4.79 Å². The summed E-state index contributed by atoms with van der Waals surface area (Å²) < 4.78 is -0.287. The maximum atomic E-state index is 12.5. The van der Waals surface area contributed by atoms with Crippen LogP contribution in [0.2, 0.25) is 0 Å². The van der Waals surface area contributed by atoms with Gasteiger partial charge in [-0.15, -0.1) is 0 Å². The first-order valence-electron chi connectivity index (χ1n) is 9.66. The monoisotopic (exact) mass is 334 g/mol. The Morgan fingerprint density at radius 1 is 1.22 bits per heavy atom. The van der Waals surface area contributed by atoms with Gasteiger partial charge in [-0.3, -0.25) is 4.79 Å². The number of rotatable bonds is 5. The molecule has 0 aromatic heterocycles. The topological polar surface area (TPSA) is 32.7 Å². The highest BCUT2D eigenvalue weighted by Crippen LogP contribution is 2.51. The summed E-state index contributed by atoms with van der Waals surface area (Å²) in [6, 6.07) is 0. The van der Waals surface area contributed by atoms with E-state index >= 15 is 0 Å². The summed E-state index contributed by atoms with van der Waals surface area (Å²) in [5, 5.41) is 1.15. The van der Waals surface area contributed by atoms with Gasteiger partial charge in [0.2, 0.25) is 0 Å². The Morgan fingerprint density at radius 2 is 2.04 bits per heavy atom. The summed E-state index contributed by atoms with van der Waals surface area (Å²) in [5.74, 6) is 2.87. The Bertz CT molecular complexity index is 500. The highest BCUT2D eigenvalue weighted by Gasteiger charge is 2.44. The zero-order valence-electron chi connectivity index (χ0n) is 14.4. The molecule has 4 rings (SSSR count). The lowest BCUT2D eigenvalue weighted by Crippen LogP contribution is -2.36. The zero-order chi connectivity index (χ0) is 15.9. The van der Waals surface area contributed by atoms with E-state index in [-0.39, 0.29) is 10.7 Å². The number of likely N-dealkylation sites (tertiary alicyclic amines) is 1. The molecule has 0 N–H and O–H groups in total. The highest BCUT2D eigenvalue weighted by molar-refractivity contribution is 8.16. The fourth-order valence-corrected chi connectivity index (χ4v) is 6.48. The smallest absolute Gasteiger partial charge is 0.262 e. The van der Waals surface area contributed by atoms with E-state index in [4.69, 9.17) is 0 Å². The number of hydrogen-bond donors (Lipinski definition) is 0. The molecule has 0 radical (unpaired) electrons. The number of carbonyl (C=O) groups excluding carboxylic acids is 1. The van der Waals surface area contributed by atoms with Gasteiger partial charge < -0.3 is 4.90 Å². The molecule has 23 heavy (non-hydrogen) atoms. The average Bonchev–Trinajstić information content (AvgIpc) is 3.23. The van der Waals surface area contributed by atoms with E-state index in [1.165, 1.54) is 58.0 Å². The van der Waals surface area contributed by atoms with E-state index in [2.05, 4.69) is 16.8 Å². The van der Waals surface area contributed by atoms with Crippen molar-refractivity contribution in [3.8, 4) is 0 Å². The molecule has 128 valence electrons. The molecule has 0 aromatic carbocycles. The maximum Gasteiger partial charge on any atom is 0.262 e. The van der Waals surface area contributed by atoms with Crippen molar-refractivity contribution in [1.29, 1.82) is 0 Å². The standard InChI is InChI=1S/C19H30N2OS/c1-19(7-10-21-8-3-2-4-9-21)18(22)20-17(23-19)13-16-12-14-5-6-15(16)11-14/h14-16H,2-13H2,1H3. The Hall–Kier alpha value is -0.350. The van der Waals surface area contributed by atoms with Crippen LogP contribution in [0.25, 0.3) is 0 Å². The van der Waals surface area contributed by atoms with Gasteiger partial charge in [0.25, 0.3) is 5.91 Å². The summed E-state index contributed by atoms with van der Waals surface area (Å²) in [4.78, 5) is 19.5. The van der Waals surface area contributed by atoms with Crippen molar-refractivity contribution in [3.05, 3.63) is 0 Å². The molecule has 4 aliphatic rings. The number of fused-ring (bicyclic) bond motifs is 2. The normalized spacial score (nSPS) is 40.8. The molecular formula is C19H30N2OS. The third kappa shape index (κ3) is 3.39. The molecule has 2 aliphatic heterocycles. The lowest BCUT2D eigenvalue weighted by atomic mass is 9.87. The summed E-state index contributed by atoms with van der Waals surface area (Å²) in [6.07, 6.45) is 11.8. The van der Waals surface area contributed by atoms with Crippen LogP contribution in [-0.4, -0.2) is 40.2 Å². The predicted octanol–water partition coefficient (Wildman–Crippen LogP) is 4.12. The maximum absolute atomic E-state index is 12.5. The highest BCUT2D eigenvalue weighted by atomic mass is 32.2. The van der Waals surface area contributed by atoms with Crippen LogP contribution in [0.1, 0.15) is 64.7 Å². The second-order valence-electron chi connectivity index (χ2n) is 8.43. The lowest BCUT2D eigenvalue weighted by Gasteiger charge is -2.30. The van der Waals surface area contributed by atoms with Crippen molar-refractivity contribution in [3.63, 3.8) is 0 Å². The minimum absolute atomic E-state index is 0.137. The summed E-state index contributed by atoms with van der Waals surface area (Å²) in [7, 11) is 0. The molecule has 4 heteroatoms. The Labute approximate surface area is 144 Å². The SMILES string of the molecule is CC1(CCN2CCCCC2)SC(CC2CC3CCC2C3)=NC1=O. The van der Waals surface area contributed by atoms with Crippen molar-refractivity contribution in [1.82, 2.24) is 4.90 Å². The number of carbonyl (C=O) groups is 1. The van der Waals surface area contributed by atoms with Crippen LogP contribution in [0.3, 0.4) is 0 Å². The lowest BCUT2D eigenvalue weighted by molar-refractivity contribution is -0.119. The molecule has 4 atom stereocenters. The van der Waals surface area contributed by atoms with Gasteiger partial charge in [-0.05, 0) is 89.3 Å². The predicted molar refractivity (Wildman–Crippen MR) is 96.9 cm³/mol. The van der Waals surface area contributed by atoms with Crippen LogP contribution < -0.4 is 0 Å². The van der Waals surface area contributed by atoms with Crippen molar-refractivity contribution >= 4 is 22.7 Å². The van der Waals surface area contributed by atoms with Crippen LogP contribution in [0.5, 0.6) is 0 Å². The first-order chi connectivity index (χ1) is 11.1. The molecule has 0 aromatic rings. The number of aliphatic imine (C=N–C) groups is 1. The number of nitrogens with zero attached hydrogens (tertiary/aromatic N) is 2. The average molecular weight is 335 g/mol. The van der Waals surface area contributed by atoms with Crippen LogP contribution >= 0.6 is 11.8 Å². The van der Waals surface area contributed by atoms with Crippen molar-refractivity contribution in [2.75, 3.05) is 19.6 Å². The first-order valence-corrected chi connectivity index (χ1v) is 10.5. The van der Waals surface area contributed by atoms with Crippen molar-refractivity contribution in [2.24, 2.45) is 22.7 Å². The molecule has 2 heterocycles. The Morgan fingerprint density at radius 3 is 2.74 bits per heavy atom. The van der Waals surface area contributed by atoms with Gasteiger partial charge in [0.1, 0.15) is 4.75 Å². The van der Waals surface area contributed by atoms with Crippen molar-refractivity contribution in [2.45, 2.75) is 69.5 Å². The third-order valence-corrected chi connectivity index (χ3v) is 8.02. The van der Waals surface area contributed by atoms with E-state index in [1.807, 2.05) is 0 Å². The van der Waals surface area contributed by atoms with Gasteiger partial charge >= 0.3 is 0 Å². The molecule has 4 unspecified atom stereocenters. The molecule has 1 saturated heterocycles. The van der Waals surface area contributed by atoms with Gasteiger partial charge in [0, 0.05) is 0 Å². The van der Waals surface area contributed by atoms with Gasteiger partial charge in [-0.25, -0.2) is 4.99 Å². The fraction of sp³-hybridized carbons (Fsp3) is 0.895. The molecule has 1 amide bonds. The quantitative estimate of drug-likeness (QED) is 0.758. The minimum atomic E-state index is -0.287. The van der Waals surface area contributed by atoms with E-state index in [0.29, 0.717) is 0 Å². The molecule has 0 spiro atoms. The largest absolute Gasteiger partial charge is 0.303 e. The Balaban J connectivity index is 1.30. The van der Waals surface area contributed by atoms with E-state index in [0.717, 1.165) is 42.2 Å². The number of hydrogen-bond acceptors (Lipinski definition) is 3. The third-order valence-electron chi connectivity index (χ3n) is 6.70. The summed E-state index contributed by atoms with van der Waals surface area (Å²) in [6.45, 7) is 5.62. The van der Waals surface area contributed by atoms with E-state index < -0.39 is 0 Å². The van der Waals surface area contributed by atoms with Crippen LogP contribution in [0.15, 0.2) is 4.99 Å². The van der Waals surface area contributed by atoms with Gasteiger partial charge in [-0.2, -0.15) is 0 Å². The second-order valence-corrected chi connectivity index (χ2v) is 10.0. The number of piperidine rings is 1. The molecule has 2 aliphatic carbocycles. The summed E-state index contributed by atoms with van der Waals surface area (Å²) in [5.41, 5.74) is 0. The Kier molecular flexibility index (Phi) is 4.57. The molecule has 2 saturated carbocycles. The summed E-state index contributed by atoms with van der Waals surface area (Å²) >= 11 is 1.80. The van der Waals surface area contributed by atoms with Crippen LogP contribution in [-0.2, 0) is 4.79 Å². The van der Waals surface area contributed by atoms with E-state index in [1.54, 1.807) is 11.8 Å². The van der Waals surface area contributed by atoms with Crippen LogP contribution in [0, 0.1) is 17.8 Å². The van der Waals surface area contributed by atoms with Gasteiger partial charge in [-0.1, -0.05) is 24.6 Å². The second kappa shape index (κ2) is 6.51.